The van der Waals surface area contributed by atoms with Gasteiger partial charge in [-0.15, -0.1) is 0 Å². The number of nitrogens with one attached hydrogen (secondary N) is 2. The third-order valence-electron chi connectivity index (χ3n) is 6.23. The first-order valence-electron chi connectivity index (χ1n) is 10.6. The van der Waals surface area contributed by atoms with Gasteiger partial charge in [0.2, 0.25) is 5.91 Å². The molecule has 0 aromatic heterocycles. The second-order valence-corrected chi connectivity index (χ2v) is 9.60. The standard InChI is InChI=1S/C22H41N3O/c1-15(2)24-21(26)20-13-18(14-25(20)16(3)4)23-12-10-19-17(5)9-8-11-22(19,6)7/h15-16,18,20,23H,8-14H2,1-7H3,(H,24,26)/t18-,20+/m1/s1. The number of amides is 1. The second kappa shape index (κ2) is 8.88. The number of likely N-dealkylation sites (tertiary alicyclic amines) is 1. The molecule has 2 rings (SSSR count). The van der Waals surface area contributed by atoms with Crippen LogP contribution in [0.15, 0.2) is 11.1 Å². The maximum Gasteiger partial charge on any atom is 0.237 e. The second-order valence-electron chi connectivity index (χ2n) is 9.60. The summed E-state index contributed by atoms with van der Waals surface area (Å²) < 4.78 is 0. The van der Waals surface area contributed by atoms with E-state index in [0.717, 1.165) is 25.9 Å². The summed E-state index contributed by atoms with van der Waals surface area (Å²) in [4.78, 5) is 14.9. The normalized spacial score (nSPS) is 26.8. The minimum absolute atomic E-state index is 0.00183. The molecule has 4 heteroatoms. The number of hydrogen-bond donors (Lipinski definition) is 2. The van der Waals surface area contributed by atoms with Gasteiger partial charge in [-0.25, -0.2) is 0 Å². The molecule has 0 unspecified atom stereocenters. The van der Waals surface area contributed by atoms with Crippen molar-refractivity contribution in [3.8, 4) is 0 Å². The highest BCUT2D eigenvalue weighted by molar-refractivity contribution is 5.82. The van der Waals surface area contributed by atoms with Crippen LogP contribution in [-0.4, -0.2) is 48.1 Å². The molecule has 2 aliphatic rings. The van der Waals surface area contributed by atoms with Gasteiger partial charge in [-0.05, 0) is 78.7 Å². The third kappa shape index (κ3) is 5.32. The quantitative estimate of drug-likeness (QED) is 0.675. The zero-order valence-electron chi connectivity index (χ0n) is 18.1. The first-order chi connectivity index (χ1) is 12.1. The predicted octanol–water partition coefficient (Wildman–Crippen LogP) is 3.87. The van der Waals surface area contributed by atoms with Crippen LogP contribution >= 0.6 is 0 Å². The Morgan fingerprint density at radius 2 is 1.96 bits per heavy atom. The Balaban J connectivity index is 1.91. The van der Waals surface area contributed by atoms with Gasteiger partial charge in [-0.3, -0.25) is 9.69 Å². The fourth-order valence-corrected chi connectivity index (χ4v) is 4.85. The van der Waals surface area contributed by atoms with E-state index in [1.54, 1.807) is 11.1 Å². The van der Waals surface area contributed by atoms with Crippen molar-refractivity contribution in [1.29, 1.82) is 0 Å². The lowest BCUT2D eigenvalue weighted by atomic mass is 9.71. The lowest BCUT2D eigenvalue weighted by molar-refractivity contribution is -0.126. The van der Waals surface area contributed by atoms with Gasteiger partial charge in [0.15, 0.2) is 0 Å². The Bertz CT molecular complexity index is 521. The van der Waals surface area contributed by atoms with Crippen LogP contribution < -0.4 is 10.6 Å². The van der Waals surface area contributed by atoms with Crippen LogP contribution in [-0.2, 0) is 4.79 Å². The van der Waals surface area contributed by atoms with Gasteiger partial charge in [0.25, 0.3) is 0 Å². The average molecular weight is 364 g/mol. The number of allylic oxidation sites excluding steroid dienone is 1. The predicted molar refractivity (Wildman–Crippen MR) is 110 cm³/mol. The zero-order chi connectivity index (χ0) is 19.5. The monoisotopic (exact) mass is 363 g/mol. The molecule has 2 N–H and O–H groups in total. The maximum atomic E-state index is 12.6. The molecule has 4 nitrogen and oxygen atoms in total. The molecule has 2 atom stereocenters. The Morgan fingerprint density at radius 3 is 2.54 bits per heavy atom. The summed E-state index contributed by atoms with van der Waals surface area (Å²) >= 11 is 0. The van der Waals surface area contributed by atoms with E-state index < -0.39 is 0 Å². The summed E-state index contributed by atoms with van der Waals surface area (Å²) in [6, 6.07) is 1.01. The smallest absolute Gasteiger partial charge is 0.237 e. The van der Waals surface area contributed by atoms with E-state index >= 15 is 0 Å². The topological polar surface area (TPSA) is 44.4 Å². The number of hydrogen-bond acceptors (Lipinski definition) is 3. The highest BCUT2D eigenvalue weighted by Crippen LogP contribution is 2.41. The van der Waals surface area contributed by atoms with Gasteiger partial charge < -0.3 is 10.6 Å². The molecule has 0 spiro atoms. The van der Waals surface area contributed by atoms with Crippen molar-refractivity contribution >= 4 is 5.91 Å². The summed E-state index contributed by atoms with van der Waals surface area (Å²) in [7, 11) is 0. The van der Waals surface area contributed by atoms with Crippen LogP contribution in [0.2, 0.25) is 0 Å². The Morgan fingerprint density at radius 1 is 1.27 bits per heavy atom. The first kappa shape index (κ1) is 21.4. The molecule has 26 heavy (non-hydrogen) atoms. The molecule has 1 saturated heterocycles. The highest BCUT2D eigenvalue weighted by atomic mass is 16.2. The van der Waals surface area contributed by atoms with Gasteiger partial charge in [0, 0.05) is 24.7 Å². The molecule has 0 bridgehead atoms. The molecule has 1 amide bonds. The Kier molecular flexibility index (Phi) is 7.32. The average Bonchev–Trinajstić information content (AvgIpc) is 2.94. The molecule has 0 radical (unpaired) electrons. The summed E-state index contributed by atoms with van der Waals surface area (Å²) in [6.45, 7) is 17.5. The van der Waals surface area contributed by atoms with Crippen LogP contribution in [0, 0.1) is 5.41 Å². The fourth-order valence-electron chi connectivity index (χ4n) is 4.85. The van der Waals surface area contributed by atoms with E-state index in [4.69, 9.17) is 0 Å². The van der Waals surface area contributed by atoms with Crippen molar-refractivity contribution < 1.29 is 4.79 Å². The number of rotatable bonds is 7. The molecule has 1 aliphatic heterocycles. The molecule has 1 heterocycles. The van der Waals surface area contributed by atoms with Crippen LogP contribution in [0.3, 0.4) is 0 Å². The summed E-state index contributed by atoms with van der Waals surface area (Å²) in [6.07, 6.45) is 5.95. The maximum absolute atomic E-state index is 12.6. The van der Waals surface area contributed by atoms with Gasteiger partial charge in [-0.1, -0.05) is 25.0 Å². The van der Waals surface area contributed by atoms with Crippen molar-refractivity contribution in [2.75, 3.05) is 13.1 Å². The van der Waals surface area contributed by atoms with Crippen LogP contribution in [0.4, 0.5) is 0 Å². The van der Waals surface area contributed by atoms with Crippen molar-refractivity contribution in [2.45, 2.75) is 105 Å². The minimum atomic E-state index is 0.00183. The van der Waals surface area contributed by atoms with E-state index in [-0.39, 0.29) is 18.0 Å². The first-order valence-corrected chi connectivity index (χ1v) is 10.6. The third-order valence-corrected chi connectivity index (χ3v) is 6.23. The molecule has 150 valence electrons. The minimum Gasteiger partial charge on any atom is -0.353 e. The van der Waals surface area contributed by atoms with E-state index in [9.17, 15) is 4.79 Å². The SMILES string of the molecule is CC1=C(CCN[C@@H]2C[C@@H](C(=O)NC(C)C)N(C(C)C)C2)C(C)(C)CCC1. The van der Waals surface area contributed by atoms with E-state index in [0.29, 0.717) is 17.5 Å². The zero-order valence-corrected chi connectivity index (χ0v) is 18.1. The molecule has 1 fully saturated rings. The molecule has 1 aliphatic carbocycles. The van der Waals surface area contributed by atoms with Crippen LogP contribution in [0.5, 0.6) is 0 Å². The molecule has 0 aromatic carbocycles. The number of carbonyl (C=O) groups excluding carboxylic acids is 1. The van der Waals surface area contributed by atoms with Crippen LogP contribution in [0.1, 0.15) is 80.6 Å². The number of nitrogens with zero attached hydrogens (tertiary/aromatic N) is 1. The summed E-state index contributed by atoms with van der Waals surface area (Å²) in [5.74, 6) is 0.185. The van der Waals surface area contributed by atoms with Crippen LogP contribution in [0.25, 0.3) is 0 Å². The van der Waals surface area contributed by atoms with Crippen molar-refractivity contribution in [3.05, 3.63) is 11.1 Å². The van der Waals surface area contributed by atoms with Gasteiger partial charge in [0.1, 0.15) is 0 Å². The lowest BCUT2D eigenvalue weighted by Crippen LogP contribution is -2.47. The number of carbonyl (C=O) groups is 1. The summed E-state index contributed by atoms with van der Waals surface area (Å²) in [5.41, 5.74) is 3.61. The molecular weight excluding hydrogens is 322 g/mol. The van der Waals surface area contributed by atoms with Gasteiger partial charge in [-0.2, -0.15) is 0 Å². The fraction of sp³-hybridized carbons (Fsp3) is 0.864. The van der Waals surface area contributed by atoms with Crippen molar-refractivity contribution in [2.24, 2.45) is 5.41 Å². The van der Waals surface area contributed by atoms with Gasteiger partial charge >= 0.3 is 0 Å². The molecular formula is C22H41N3O. The molecule has 0 aromatic rings. The Labute approximate surface area is 161 Å². The Hall–Kier alpha value is -0.870. The van der Waals surface area contributed by atoms with Gasteiger partial charge in [0.05, 0.1) is 6.04 Å². The lowest BCUT2D eigenvalue weighted by Gasteiger charge is -2.35. The largest absolute Gasteiger partial charge is 0.353 e. The van der Waals surface area contributed by atoms with E-state index in [1.165, 1.54) is 19.3 Å². The van der Waals surface area contributed by atoms with Crippen molar-refractivity contribution in [1.82, 2.24) is 15.5 Å². The highest BCUT2D eigenvalue weighted by Gasteiger charge is 2.38. The molecule has 0 saturated carbocycles. The van der Waals surface area contributed by atoms with E-state index in [1.807, 2.05) is 13.8 Å². The van der Waals surface area contributed by atoms with E-state index in [2.05, 4.69) is 50.2 Å². The summed E-state index contributed by atoms with van der Waals surface area (Å²) in [5, 5.41) is 6.85. The van der Waals surface area contributed by atoms with Crippen molar-refractivity contribution in [3.63, 3.8) is 0 Å².